The summed E-state index contributed by atoms with van der Waals surface area (Å²) in [4.78, 5) is 22.7. The molecule has 0 aliphatic carbocycles. The summed E-state index contributed by atoms with van der Waals surface area (Å²) < 4.78 is 0.654. The first-order chi connectivity index (χ1) is 10.5. The molecule has 114 valence electrons. The Labute approximate surface area is 135 Å². The predicted molar refractivity (Wildman–Crippen MR) is 86.5 cm³/mol. The van der Waals surface area contributed by atoms with Crippen molar-refractivity contribution in [3.8, 4) is 0 Å². The number of benzene rings is 1. The van der Waals surface area contributed by atoms with E-state index in [4.69, 9.17) is 11.6 Å². The first-order valence-corrected chi connectivity index (χ1v) is 7.47. The maximum absolute atomic E-state index is 11.8. The van der Waals surface area contributed by atoms with Crippen molar-refractivity contribution < 1.29 is 9.72 Å². The van der Waals surface area contributed by atoms with Crippen molar-refractivity contribution in [2.45, 2.75) is 13.3 Å². The number of thiophene rings is 1. The van der Waals surface area contributed by atoms with Crippen LogP contribution in [0.1, 0.15) is 17.4 Å². The number of nitrogens with zero attached hydrogens (tertiary/aromatic N) is 2. The van der Waals surface area contributed by atoms with E-state index in [1.165, 1.54) is 23.5 Å². The molecule has 8 heteroatoms. The smallest absolute Gasteiger partial charge is 0.269 e. The summed E-state index contributed by atoms with van der Waals surface area (Å²) in [6.45, 7) is 1.77. The van der Waals surface area contributed by atoms with Crippen LogP contribution in [0.3, 0.4) is 0 Å². The van der Waals surface area contributed by atoms with Gasteiger partial charge in [0.05, 0.1) is 26.3 Å². The molecular weight excluding hydrogens is 326 g/mol. The first kappa shape index (κ1) is 16.1. The number of nitrogens with one attached hydrogen (secondary N) is 1. The Hall–Kier alpha value is -2.25. The van der Waals surface area contributed by atoms with E-state index in [9.17, 15) is 14.9 Å². The fourth-order valence-electron chi connectivity index (χ4n) is 1.67. The molecular formula is C14H12ClN3O3S. The van der Waals surface area contributed by atoms with Gasteiger partial charge in [-0.1, -0.05) is 23.7 Å². The monoisotopic (exact) mass is 337 g/mol. The number of hydrogen-bond donors (Lipinski definition) is 1. The van der Waals surface area contributed by atoms with Crippen LogP contribution in [-0.4, -0.2) is 16.5 Å². The van der Waals surface area contributed by atoms with Gasteiger partial charge in [-0.15, -0.1) is 11.3 Å². The van der Waals surface area contributed by atoms with Gasteiger partial charge in [0.2, 0.25) is 5.91 Å². The van der Waals surface area contributed by atoms with E-state index >= 15 is 0 Å². The number of carbonyl (C=O) groups is 1. The fraction of sp³-hybridized carbons (Fsp3) is 0.143. The number of hydrazone groups is 1. The van der Waals surface area contributed by atoms with Crippen molar-refractivity contribution in [1.29, 1.82) is 0 Å². The average Bonchev–Trinajstić information content (AvgIpc) is 2.92. The summed E-state index contributed by atoms with van der Waals surface area (Å²) in [5.74, 6) is -0.296. The Morgan fingerprint density at radius 3 is 2.55 bits per heavy atom. The van der Waals surface area contributed by atoms with E-state index in [0.29, 0.717) is 15.6 Å². The second-order valence-electron chi connectivity index (χ2n) is 4.44. The molecule has 2 rings (SSSR count). The van der Waals surface area contributed by atoms with Crippen molar-refractivity contribution in [2.75, 3.05) is 0 Å². The van der Waals surface area contributed by atoms with Crippen LogP contribution in [0.2, 0.25) is 4.34 Å². The highest BCUT2D eigenvalue weighted by atomic mass is 35.5. The highest BCUT2D eigenvalue weighted by Gasteiger charge is 2.07. The van der Waals surface area contributed by atoms with Crippen LogP contribution in [0.4, 0.5) is 5.69 Å². The minimum absolute atomic E-state index is 0.00685. The lowest BCUT2D eigenvalue weighted by Gasteiger charge is -2.02. The van der Waals surface area contributed by atoms with Gasteiger partial charge >= 0.3 is 0 Å². The van der Waals surface area contributed by atoms with Gasteiger partial charge in [-0.25, -0.2) is 5.43 Å². The lowest BCUT2D eigenvalue weighted by Crippen LogP contribution is -2.21. The van der Waals surface area contributed by atoms with E-state index in [1.54, 1.807) is 25.1 Å². The molecule has 1 aromatic heterocycles. The molecule has 22 heavy (non-hydrogen) atoms. The molecule has 0 aliphatic heterocycles. The highest BCUT2D eigenvalue weighted by molar-refractivity contribution is 7.18. The van der Waals surface area contributed by atoms with Gasteiger partial charge < -0.3 is 0 Å². The largest absolute Gasteiger partial charge is 0.273 e. The zero-order valence-corrected chi connectivity index (χ0v) is 13.1. The SMILES string of the molecule is C/C(=N/NC(=O)Cc1ccc([N+](=O)[O-])cc1)c1ccc(Cl)s1. The van der Waals surface area contributed by atoms with E-state index in [2.05, 4.69) is 10.5 Å². The third-order valence-electron chi connectivity index (χ3n) is 2.79. The topological polar surface area (TPSA) is 84.6 Å². The first-order valence-electron chi connectivity index (χ1n) is 6.28. The molecule has 6 nitrogen and oxygen atoms in total. The molecule has 1 N–H and O–H groups in total. The lowest BCUT2D eigenvalue weighted by atomic mass is 10.1. The number of amides is 1. The molecule has 0 bridgehead atoms. The third kappa shape index (κ3) is 4.37. The Morgan fingerprint density at radius 1 is 1.32 bits per heavy atom. The second-order valence-corrected chi connectivity index (χ2v) is 6.15. The van der Waals surface area contributed by atoms with Gasteiger partial charge in [-0.05, 0) is 24.6 Å². The summed E-state index contributed by atoms with van der Waals surface area (Å²) in [6.07, 6.45) is 0.0972. The zero-order valence-electron chi connectivity index (χ0n) is 11.6. The number of nitro groups is 1. The molecule has 0 saturated heterocycles. The lowest BCUT2D eigenvalue weighted by molar-refractivity contribution is -0.384. The van der Waals surface area contributed by atoms with Gasteiger partial charge in [-0.3, -0.25) is 14.9 Å². The quantitative estimate of drug-likeness (QED) is 0.515. The van der Waals surface area contributed by atoms with Crippen LogP contribution in [0.15, 0.2) is 41.5 Å². The molecule has 0 spiro atoms. The molecule has 1 heterocycles. The van der Waals surface area contributed by atoms with Crippen molar-refractivity contribution in [1.82, 2.24) is 5.43 Å². The number of halogens is 1. The van der Waals surface area contributed by atoms with Crippen LogP contribution in [-0.2, 0) is 11.2 Å². The maximum atomic E-state index is 11.8. The number of hydrogen-bond acceptors (Lipinski definition) is 5. The van der Waals surface area contributed by atoms with Crippen molar-refractivity contribution in [3.05, 3.63) is 61.3 Å². The Balaban J connectivity index is 1.94. The highest BCUT2D eigenvalue weighted by Crippen LogP contribution is 2.21. The van der Waals surface area contributed by atoms with E-state index in [0.717, 1.165) is 4.88 Å². The van der Waals surface area contributed by atoms with Crippen molar-refractivity contribution in [2.24, 2.45) is 5.10 Å². The summed E-state index contributed by atoms with van der Waals surface area (Å²) in [7, 11) is 0. The summed E-state index contributed by atoms with van der Waals surface area (Å²) >= 11 is 7.21. The minimum Gasteiger partial charge on any atom is -0.273 e. The van der Waals surface area contributed by atoms with E-state index < -0.39 is 4.92 Å². The van der Waals surface area contributed by atoms with Gasteiger partial charge in [0.15, 0.2) is 0 Å². The normalized spacial score (nSPS) is 11.3. The number of carbonyl (C=O) groups excluding carboxylic acids is 1. The molecule has 0 atom stereocenters. The van der Waals surface area contributed by atoms with Crippen LogP contribution >= 0.6 is 22.9 Å². The van der Waals surface area contributed by atoms with E-state index in [1.807, 2.05) is 6.07 Å². The molecule has 0 unspecified atom stereocenters. The molecule has 1 amide bonds. The molecule has 2 aromatic rings. The summed E-state index contributed by atoms with van der Waals surface area (Å²) in [6, 6.07) is 9.42. The molecule has 0 aliphatic rings. The summed E-state index contributed by atoms with van der Waals surface area (Å²) in [5, 5.41) is 14.6. The zero-order chi connectivity index (χ0) is 16.1. The molecule has 1 aromatic carbocycles. The van der Waals surface area contributed by atoms with Gasteiger partial charge in [-0.2, -0.15) is 5.10 Å². The van der Waals surface area contributed by atoms with Crippen LogP contribution < -0.4 is 5.43 Å². The molecule has 0 radical (unpaired) electrons. The second kappa shape index (κ2) is 7.15. The fourth-order valence-corrected chi connectivity index (χ4v) is 2.66. The maximum Gasteiger partial charge on any atom is 0.269 e. The standard InChI is InChI=1S/C14H12ClN3O3S/c1-9(12-6-7-13(15)22-12)16-17-14(19)8-10-2-4-11(5-3-10)18(20)21/h2-7H,8H2,1H3,(H,17,19)/b16-9-. The molecule has 0 fully saturated rings. The third-order valence-corrected chi connectivity index (χ3v) is 4.13. The van der Waals surface area contributed by atoms with Crippen LogP contribution in [0.25, 0.3) is 0 Å². The summed E-state index contributed by atoms with van der Waals surface area (Å²) in [5.41, 5.74) is 3.79. The molecule has 0 saturated carbocycles. The van der Waals surface area contributed by atoms with Crippen LogP contribution in [0.5, 0.6) is 0 Å². The Bertz CT molecular complexity index is 725. The van der Waals surface area contributed by atoms with Crippen molar-refractivity contribution >= 4 is 40.2 Å². The van der Waals surface area contributed by atoms with Gasteiger partial charge in [0, 0.05) is 12.1 Å². The van der Waals surface area contributed by atoms with E-state index in [-0.39, 0.29) is 18.0 Å². The predicted octanol–water partition coefficient (Wildman–Crippen LogP) is 3.39. The van der Waals surface area contributed by atoms with Gasteiger partial charge in [0.25, 0.3) is 5.69 Å². The number of nitro benzene ring substituents is 1. The Morgan fingerprint density at radius 2 is 2.00 bits per heavy atom. The minimum atomic E-state index is -0.482. The van der Waals surface area contributed by atoms with Gasteiger partial charge in [0.1, 0.15) is 0 Å². The Kier molecular flexibility index (Phi) is 5.24. The average molecular weight is 338 g/mol. The number of rotatable bonds is 5. The van der Waals surface area contributed by atoms with Crippen LogP contribution in [0, 0.1) is 10.1 Å². The number of non-ortho nitro benzene ring substituents is 1. The van der Waals surface area contributed by atoms with Crippen molar-refractivity contribution in [3.63, 3.8) is 0 Å².